The van der Waals surface area contributed by atoms with Crippen LogP contribution in [0.2, 0.25) is 0 Å². The van der Waals surface area contributed by atoms with Gasteiger partial charge >= 0.3 is 7.82 Å². The molecule has 6 aromatic carbocycles. The van der Waals surface area contributed by atoms with Gasteiger partial charge in [-0.3, -0.25) is 0 Å². The Hall–Kier alpha value is -4.99. The van der Waals surface area contributed by atoms with E-state index in [1.807, 2.05) is 18.2 Å². The summed E-state index contributed by atoms with van der Waals surface area (Å²) >= 11 is 0. The molecule has 4 nitrogen and oxygen atoms in total. The van der Waals surface area contributed by atoms with Crippen molar-refractivity contribution in [3.8, 4) is 17.2 Å². The zero-order chi connectivity index (χ0) is 28.9. The minimum Gasteiger partial charge on any atom is -0.386 e. The average Bonchev–Trinajstić information content (AvgIpc) is 3.04. The van der Waals surface area contributed by atoms with Gasteiger partial charge in [0.2, 0.25) is 6.71 Å². The molecule has 6 rings (SSSR count). The molecule has 0 aromatic heterocycles. The highest BCUT2D eigenvalue weighted by atomic mass is 31.2. The van der Waals surface area contributed by atoms with Crippen molar-refractivity contribution in [2.24, 2.45) is 0 Å². The van der Waals surface area contributed by atoms with Gasteiger partial charge in [-0.05, 0) is 36.4 Å². The van der Waals surface area contributed by atoms with E-state index in [0.29, 0.717) is 24.0 Å². The second-order valence-electron chi connectivity index (χ2n) is 9.33. The zero-order valence-electron chi connectivity index (χ0n) is 23.0. The first-order valence-electron chi connectivity index (χ1n) is 13.7. The van der Waals surface area contributed by atoms with Crippen LogP contribution < -0.4 is 30.0 Å². The number of hydrogen-bond donors (Lipinski definition) is 0. The van der Waals surface area contributed by atoms with E-state index in [0.717, 1.165) is 0 Å². The van der Waals surface area contributed by atoms with E-state index in [1.54, 1.807) is 72.8 Å². The van der Waals surface area contributed by atoms with Crippen LogP contribution in [0.3, 0.4) is 0 Å². The van der Waals surface area contributed by atoms with Crippen LogP contribution in [0.15, 0.2) is 182 Å². The molecule has 0 spiro atoms. The van der Waals surface area contributed by atoms with Crippen LogP contribution >= 0.6 is 7.82 Å². The Bertz CT molecular complexity index is 1450. The molecular formula is C36H30BO4P. The highest BCUT2D eigenvalue weighted by Crippen LogP contribution is 2.49. The van der Waals surface area contributed by atoms with E-state index >= 15 is 0 Å². The Labute approximate surface area is 247 Å². The van der Waals surface area contributed by atoms with Gasteiger partial charge in [-0.2, -0.15) is 4.57 Å². The topological polar surface area (TPSA) is 44.8 Å². The van der Waals surface area contributed by atoms with Crippen LogP contribution in [-0.2, 0) is 4.57 Å². The Morgan fingerprint density at radius 2 is 0.548 bits per heavy atom. The lowest BCUT2D eigenvalue weighted by Gasteiger charge is -2.19. The molecule has 0 bridgehead atoms. The number of phosphoric ester groups is 1. The highest BCUT2D eigenvalue weighted by molar-refractivity contribution is 7.49. The molecule has 0 amide bonds. The zero-order valence-corrected chi connectivity index (χ0v) is 23.9. The number of phosphoric acid groups is 1. The van der Waals surface area contributed by atoms with Gasteiger partial charge in [0, 0.05) is 0 Å². The maximum atomic E-state index is 13.1. The average molecular weight is 568 g/mol. The third kappa shape index (κ3) is 8.26. The van der Waals surface area contributed by atoms with Gasteiger partial charge in [-0.1, -0.05) is 162 Å². The van der Waals surface area contributed by atoms with Crippen LogP contribution in [0.4, 0.5) is 0 Å². The maximum absolute atomic E-state index is 13.1. The van der Waals surface area contributed by atoms with Crippen molar-refractivity contribution in [1.82, 2.24) is 0 Å². The van der Waals surface area contributed by atoms with Gasteiger partial charge in [0.25, 0.3) is 0 Å². The molecule has 0 aliphatic carbocycles. The van der Waals surface area contributed by atoms with Crippen molar-refractivity contribution >= 4 is 30.9 Å². The normalized spacial score (nSPS) is 10.5. The summed E-state index contributed by atoms with van der Waals surface area (Å²) in [7, 11) is -3.89. The molecule has 6 heteroatoms. The molecule has 0 fully saturated rings. The van der Waals surface area contributed by atoms with Crippen molar-refractivity contribution < 1.29 is 18.1 Å². The summed E-state index contributed by atoms with van der Waals surface area (Å²) in [5.74, 6) is 1.22. The van der Waals surface area contributed by atoms with Gasteiger partial charge in [-0.15, -0.1) is 0 Å². The maximum Gasteiger partial charge on any atom is 0.647 e. The fourth-order valence-electron chi connectivity index (χ4n) is 4.40. The third-order valence-electron chi connectivity index (χ3n) is 6.28. The molecule has 0 N–H and O–H groups in total. The van der Waals surface area contributed by atoms with Gasteiger partial charge in [0.05, 0.1) is 0 Å². The van der Waals surface area contributed by atoms with Crippen molar-refractivity contribution in [2.45, 2.75) is 0 Å². The van der Waals surface area contributed by atoms with Crippen LogP contribution in [0.1, 0.15) is 0 Å². The van der Waals surface area contributed by atoms with Gasteiger partial charge in [-0.25, -0.2) is 0 Å². The fraction of sp³-hybridized carbons (Fsp3) is 0. The van der Waals surface area contributed by atoms with E-state index < -0.39 is 7.82 Å². The van der Waals surface area contributed by atoms with Gasteiger partial charge in [0.15, 0.2) is 0 Å². The summed E-state index contributed by atoms with van der Waals surface area (Å²) in [4.78, 5) is 0. The standard InChI is InChI=1S/C18H15B.C18H15O4P/c1-4-10-16(11-5-1)19(17-12-6-2-7-13-17)18-14-8-3-9-15-18;19-23(20-16-10-4-1-5-11-16,21-17-12-6-2-7-13-17)22-18-14-8-3-9-15-18/h1-15H;1-15H. The summed E-state index contributed by atoms with van der Waals surface area (Å²) in [6, 6.07) is 58.4. The van der Waals surface area contributed by atoms with Crippen LogP contribution in [-0.4, -0.2) is 6.71 Å². The first-order valence-corrected chi connectivity index (χ1v) is 15.1. The summed E-state index contributed by atoms with van der Waals surface area (Å²) in [6.07, 6.45) is 0. The molecule has 0 aliphatic rings. The molecule has 0 aliphatic heterocycles. The smallest absolute Gasteiger partial charge is 0.386 e. The Morgan fingerprint density at radius 3 is 0.786 bits per heavy atom. The Balaban J connectivity index is 0.000000171. The molecule has 42 heavy (non-hydrogen) atoms. The summed E-state index contributed by atoms with van der Waals surface area (Å²) in [5.41, 5.74) is 4.00. The minimum atomic E-state index is -3.89. The summed E-state index contributed by atoms with van der Waals surface area (Å²) in [6.45, 7) is 0.309. The SMILES string of the molecule is O=P(Oc1ccccc1)(Oc1ccccc1)Oc1ccccc1.c1ccc(B(c2ccccc2)c2ccccc2)cc1. The summed E-state index contributed by atoms with van der Waals surface area (Å²) in [5, 5.41) is 0. The first-order chi connectivity index (χ1) is 20.7. The number of benzene rings is 6. The van der Waals surface area contributed by atoms with E-state index in [9.17, 15) is 4.57 Å². The van der Waals surface area contributed by atoms with Crippen molar-refractivity contribution in [2.75, 3.05) is 0 Å². The minimum absolute atomic E-state index is 0.309. The van der Waals surface area contributed by atoms with Crippen molar-refractivity contribution in [3.63, 3.8) is 0 Å². The molecule has 0 radical (unpaired) electrons. The number of hydrogen-bond acceptors (Lipinski definition) is 4. The van der Waals surface area contributed by atoms with Crippen LogP contribution in [0.5, 0.6) is 17.2 Å². The first kappa shape index (κ1) is 28.5. The Morgan fingerprint density at radius 1 is 0.333 bits per heavy atom. The van der Waals surface area contributed by atoms with Crippen LogP contribution in [0, 0.1) is 0 Å². The molecule has 0 saturated heterocycles. The largest absolute Gasteiger partial charge is 0.647 e. The van der Waals surface area contributed by atoms with Gasteiger partial charge in [0.1, 0.15) is 17.2 Å². The van der Waals surface area contributed by atoms with E-state index in [1.165, 1.54) is 16.4 Å². The van der Waals surface area contributed by atoms with E-state index in [2.05, 4.69) is 91.0 Å². The number of para-hydroxylation sites is 3. The van der Waals surface area contributed by atoms with Crippen molar-refractivity contribution in [3.05, 3.63) is 182 Å². The van der Waals surface area contributed by atoms with Gasteiger partial charge < -0.3 is 13.6 Å². The summed E-state index contributed by atoms with van der Waals surface area (Å²) < 4.78 is 29.6. The molecule has 6 aromatic rings. The third-order valence-corrected chi connectivity index (χ3v) is 7.58. The quantitative estimate of drug-likeness (QED) is 0.134. The lowest BCUT2D eigenvalue weighted by Crippen LogP contribution is -2.51. The van der Waals surface area contributed by atoms with E-state index in [4.69, 9.17) is 13.6 Å². The molecular weight excluding hydrogens is 538 g/mol. The van der Waals surface area contributed by atoms with E-state index in [-0.39, 0.29) is 0 Å². The molecule has 0 saturated carbocycles. The van der Waals surface area contributed by atoms with Crippen LogP contribution in [0.25, 0.3) is 0 Å². The predicted molar refractivity (Wildman–Crippen MR) is 173 cm³/mol. The second-order valence-corrected chi connectivity index (χ2v) is 10.8. The van der Waals surface area contributed by atoms with Crippen molar-refractivity contribution in [1.29, 1.82) is 0 Å². The Kier molecular flexibility index (Phi) is 9.91. The number of rotatable bonds is 9. The molecule has 0 atom stereocenters. The molecule has 206 valence electrons. The lowest BCUT2D eigenvalue weighted by molar-refractivity contribution is 0.298. The fourth-order valence-corrected chi connectivity index (χ4v) is 5.65. The molecule has 0 heterocycles. The monoisotopic (exact) mass is 568 g/mol. The second kappa shape index (κ2) is 14.6. The lowest BCUT2D eigenvalue weighted by atomic mass is 9.37. The highest BCUT2D eigenvalue weighted by Gasteiger charge is 2.33. The molecule has 0 unspecified atom stereocenters. The predicted octanol–water partition coefficient (Wildman–Crippen LogP) is 7.53.